The zero-order valence-corrected chi connectivity index (χ0v) is 15.0. The van der Waals surface area contributed by atoms with E-state index in [9.17, 15) is 0 Å². The van der Waals surface area contributed by atoms with Crippen LogP contribution < -0.4 is 4.90 Å². The van der Waals surface area contributed by atoms with Crippen LogP contribution in [0.5, 0.6) is 0 Å². The van der Waals surface area contributed by atoms with Crippen LogP contribution in [-0.2, 0) is 4.74 Å². The molecule has 1 fully saturated rings. The Bertz CT molecular complexity index is 721. The van der Waals surface area contributed by atoms with Crippen LogP contribution in [0.4, 0.5) is 11.5 Å². The Morgan fingerprint density at radius 3 is 2.83 bits per heavy atom. The molecule has 0 unspecified atom stereocenters. The number of benzene rings is 1. The van der Waals surface area contributed by atoms with E-state index in [1.807, 2.05) is 6.07 Å². The van der Waals surface area contributed by atoms with Crippen molar-refractivity contribution in [2.75, 3.05) is 44.3 Å². The molecule has 126 valence electrons. The summed E-state index contributed by atoms with van der Waals surface area (Å²) in [7, 11) is 0. The second kappa shape index (κ2) is 7.31. The number of halogens is 1. The topological polar surface area (TPSA) is 28.6 Å². The van der Waals surface area contributed by atoms with Gasteiger partial charge in [0, 0.05) is 37.3 Å². The highest BCUT2D eigenvalue weighted by Crippen LogP contribution is 2.47. The molecule has 2 aliphatic rings. The fraction of sp³-hybridized carbons (Fsp3) is 0.389. The molecule has 0 N–H and O–H groups in total. The first kappa shape index (κ1) is 16.2. The Kier molecular flexibility index (Phi) is 4.94. The molecule has 6 heteroatoms. The van der Waals surface area contributed by atoms with Gasteiger partial charge >= 0.3 is 0 Å². The van der Waals surface area contributed by atoms with Gasteiger partial charge in [-0.15, -0.1) is 0 Å². The number of pyridine rings is 1. The summed E-state index contributed by atoms with van der Waals surface area (Å²) in [5, 5.41) is 0.689. The number of ether oxygens (including phenoxy) is 1. The Morgan fingerprint density at radius 2 is 1.96 bits per heavy atom. The largest absolute Gasteiger partial charge is 0.379 e. The number of rotatable bonds is 4. The molecule has 2 aliphatic heterocycles. The van der Waals surface area contributed by atoms with Gasteiger partial charge in [0.25, 0.3) is 0 Å². The zero-order valence-electron chi connectivity index (χ0n) is 13.4. The second-order valence-electron chi connectivity index (χ2n) is 6.00. The van der Waals surface area contributed by atoms with Crippen LogP contribution in [0.15, 0.2) is 46.3 Å². The van der Waals surface area contributed by atoms with Crippen molar-refractivity contribution in [1.29, 1.82) is 0 Å². The van der Waals surface area contributed by atoms with Gasteiger partial charge in [0.1, 0.15) is 5.82 Å². The lowest BCUT2D eigenvalue weighted by Crippen LogP contribution is -2.38. The fourth-order valence-electron chi connectivity index (χ4n) is 3.19. The number of anilines is 2. The molecule has 0 spiro atoms. The van der Waals surface area contributed by atoms with Crippen molar-refractivity contribution in [3.63, 3.8) is 0 Å². The minimum Gasteiger partial charge on any atom is -0.379 e. The Labute approximate surface area is 151 Å². The van der Waals surface area contributed by atoms with Gasteiger partial charge in [-0.25, -0.2) is 4.98 Å². The highest BCUT2D eigenvalue weighted by atomic mass is 35.5. The number of nitrogens with zero attached hydrogens (tertiary/aromatic N) is 3. The SMILES string of the molecule is Clc1cnc2c(c1)Sc1ccccc1N2CCCN1CCOCC1. The van der Waals surface area contributed by atoms with Gasteiger partial charge in [0.2, 0.25) is 0 Å². The monoisotopic (exact) mass is 361 g/mol. The second-order valence-corrected chi connectivity index (χ2v) is 7.52. The first-order valence-corrected chi connectivity index (χ1v) is 9.51. The van der Waals surface area contributed by atoms with Crippen molar-refractivity contribution in [2.24, 2.45) is 0 Å². The van der Waals surface area contributed by atoms with E-state index in [4.69, 9.17) is 16.3 Å². The van der Waals surface area contributed by atoms with E-state index in [-0.39, 0.29) is 0 Å². The van der Waals surface area contributed by atoms with Gasteiger partial charge < -0.3 is 9.64 Å². The lowest BCUT2D eigenvalue weighted by molar-refractivity contribution is 0.0377. The maximum Gasteiger partial charge on any atom is 0.147 e. The zero-order chi connectivity index (χ0) is 16.4. The predicted molar refractivity (Wildman–Crippen MR) is 98.7 cm³/mol. The first-order chi connectivity index (χ1) is 11.8. The minimum atomic E-state index is 0.689. The van der Waals surface area contributed by atoms with Crippen molar-refractivity contribution < 1.29 is 4.74 Å². The van der Waals surface area contributed by atoms with Gasteiger partial charge in [-0.2, -0.15) is 0 Å². The molecule has 3 heterocycles. The Balaban J connectivity index is 1.53. The van der Waals surface area contributed by atoms with Gasteiger partial charge in [-0.05, 0) is 24.6 Å². The third-order valence-corrected chi connectivity index (χ3v) is 5.68. The van der Waals surface area contributed by atoms with Gasteiger partial charge in [0.15, 0.2) is 0 Å². The van der Waals surface area contributed by atoms with E-state index in [0.29, 0.717) is 5.02 Å². The van der Waals surface area contributed by atoms with E-state index in [2.05, 4.69) is 39.0 Å². The highest BCUT2D eigenvalue weighted by Gasteiger charge is 2.24. The summed E-state index contributed by atoms with van der Waals surface area (Å²) >= 11 is 7.89. The van der Waals surface area contributed by atoms with Crippen molar-refractivity contribution in [1.82, 2.24) is 9.88 Å². The van der Waals surface area contributed by atoms with Gasteiger partial charge in [-0.1, -0.05) is 35.5 Å². The smallest absolute Gasteiger partial charge is 0.147 e. The molecule has 0 saturated carbocycles. The maximum absolute atomic E-state index is 6.14. The lowest BCUT2D eigenvalue weighted by Gasteiger charge is -2.33. The van der Waals surface area contributed by atoms with E-state index in [1.54, 1.807) is 18.0 Å². The first-order valence-electron chi connectivity index (χ1n) is 8.31. The van der Waals surface area contributed by atoms with Crippen molar-refractivity contribution in [2.45, 2.75) is 16.2 Å². The van der Waals surface area contributed by atoms with E-state index < -0.39 is 0 Å². The Morgan fingerprint density at radius 1 is 1.12 bits per heavy atom. The summed E-state index contributed by atoms with van der Waals surface area (Å²) < 4.78 is 5.42. The lowest BCUT2D eigenvalue weighted by atomic mass is 10.2. The standard InChI is InChI=1S/C18H20ClN3OS/c19-14-12-17-18(20-13-14)22(15-4-1-2-5-16(15)24-17)7-3-6-21-8-10-23-11-9-21/h1-2,4-5,12-13H,3,6-11H2. The minimum absolute atomic E-state index is 0.689. The summed E-state index contributed by atoms with van der Waals surface area (Å²) in [6.45, 7) is 5.83. The molecule has 0 aliphatic carbocycles. The summed E-state index contributed by atoms with van der Waals surface area (Å²) in [5.41, 5.74) is 1.24. The van der Waals surface area contributed by atoms with Crippen molar-refractivity contribution in [3.05, 3.63) is 41.6 Å². The highest BCUT2D eigenvalue weighted by molar-refractivity contribution is 7.99. The summed E-state index contributed by atoms with van der Waals surface area (Å²) in [6, 6.07) is 10.5. The molecule has 1 aromatic carbocycles. The van der Waals surface area contributed by atoms with Crippen LogP contribution in [0.3, 0.4) is 0 Å². The van der Waals surface area contributed by atoms with Crippen LogP contribution in [0, 0.1) is 0 Å². The molecular formula is C18H20ClN3OS. The molecule has 0 atom stereocenters. The normalized spacial score (nSPS) is 17.5. The molecule has 0 amide bonds. The molecule has 0 bridgehead atoms. The third-order valence-electron chi connectivity index (χ3n) is 4.39. The van der Waals surface area contributed by atoms with Crippen LogP contribution in [0.25, 0.3) is 0 Å². The van der Waals surface area contributed by atoms with Crippen LogP contribution in [0.2, 0.25) is 5.02 Å². The average Bonchev–Trinajstić information content (AvgIpc) is 2.62. The quantitative estimate of drug-likeness (QED) is 0.819. The van der Waals surface area contributed by atoms with Crippen molar-refractivity contribution >= 4 is 34.9 Å². The Hall–Kier alpha value is -1.27. The van der Waals surface area contributed by atoms with Gasteiger partial charge in [-0.3, -0.25) is 4.90 Å². The molecule has 1 aromatic heterocycles. The summed E-state index contributed by atoms with van der Waals surface area (Å²) in [4.78, 5) is 11.8. The number of para-hydroxylation sites is 1. The number of morpholine rings is 1. The summed E-state index contributed by atoms with van der Waals surface area (Å²) in [5.74, 6) is 1.02. The maximum atomic E-state index is 6.14. The van der Waals surface area contributed by atoms with Crippen LogP contribution in [-0.4, -0.2) is 49.3 Å². The molecule has 24 heavy (non-hydrogen) atoms. The number of hydrogen-bond acceptors (Lipinski definition) is 5. The van der Waals surface area contributed by atoms with Gasteiger partial charge in [0.05, 0.1) is 28.8 Å². The molecule has 2 aromatic rings. The molecule has 4 nitrogen and oxygen atoms in total. The number of aromatic nitrogens is 1. The van der Waals surface area contributed by atoms with Crippen LogP contribution >= 0.6 is 23.4 Å². The van der Waals surface area contributed by atoms with Crippen LogP contribution in [0.1, 0.15) is 6.42 Å². The summed E-state index contributed by atoms with van der Waals surface area (Å²) in [6.07, 6.45) is 2.84. The molecule has 4 rings (SSSR count). The third kappa shape index (κ3) is 3.40. The predicted octanol–water partition coefficient (Wildman–Crippen LogP) is 4.06. The number of hydrogen-bond donors (Lipinski definition) is 0. The van der Waals surface area contributed by atoms with Crippen molar-refractivity contribution in [3.8, 4) is 0 Å². The van der Waals surface area contributed by atoms with E-state index >= 15 is 0 Å². The van der Waals surface area contributed by atoms with E-state index in [0.717, 1.165) is 56.5 Å². The molecule has 0 radical (unpaired) electrons. The molecule has 1 saturated heterocycles. The molecular weight excluding hydrogens is 342 g/mol. The number of fused-ring (bicyclic) bond motifs is 2. The average molecular weight is 362 g/mol. The van der Waals surface area contributed by atoms with E-state index in [1.165, 1.54) is 10.6 Å². The fourth-order valence-corrected chi connectivity index (χ4v) is 4.52.